The Bertz CT molecular complexity index is 373. The maximum atomic E-state index is 12.2. The quantitative estimate of drug-likeness (QED) is 0.780. The van der Waals surface area contributed by atoms with Crippen LogP contribution in [-0.2, 0) is 6.42 Å². The van der Waals surface area contributed by atoms with Crippen molar-refractivity contribution in [1.29, 1.82) is 0 Å². The Morgan fingerprint density at radius 1 is 1.28 bits per heavy atom. The summed E-state index contributed by atoms with van der Waals surface area (Å²) in [6.45, 7) is 4.31. The number of nitrogens with one attached hydrogen (secondary N) is 1. The number of aliphatic hydroxyl groups is 1. The summed E-state index contributed by atoms with van der Waals surface area (Å²) in [6, 6.07) is 7.86. The molecule has 2 N–H and O–H groups in total. The van der Waals surface area contributed by atoms with Gasteiger partial charge in [0.1, 0.15) is 0 Å². The molecule has 0 fully saturated rings. The molecule has 0 aromatic heterocycles. The van der Waals surface area contributed by atoms with Gasteiger partial charge in [0.25, 0.3) is 5.91 Å². The van der Waals surface area contributed by atoms with Crippen LogP contribution in [0.15, 0.2) is 24.3 Å². The van der Waals surface area contributed by atoms with Gasteiger partial charge in [0.05, 0.1) is 0 Å². The summed E-state index contributed by atoms with van der Waals surface area (Å²) in [6.07, 6.45) is 3.32. The smallest absolute Gasteiger partial charge is 0.251 e. The third-order valence-corrected chi connectivity index (χ3v) is 3.19. The number of rotatable bonds is 7. The van der Waals surface area contributed by atoms with Gasteiger partial charge in [0.2, 0.25) is 0 Å². The van der Waals surface area contributed by atoms with Crippen LogP contribution in [0.4, 0.5) is 0 Å². The minimum Gasteiger partial charge on any atom is -0.396 e. The Labute approximate surface area is 109 Å². The van der Waals surface area contributed by atoms with E-state index < -0.39 is 0 Å². The number of benzene rings is 1. The average molecular weight is 249 g/mol. The molecule has 0 aliphatic heterocycles. The molecular formula is C15H23NO2. The van der Waals surface area contributed by atoms with Gasteiger partial charge in [-0.25, -0.2) is 0 Å². The van der Waals surface area contributed by atoms with Crippen LogP contribution in [-0.4, -0.2) is 23.7 Å². The summed E-state index contributed by atoms with van der Waals surface area (Å²) in [5, 5.41) is 11.9. The van der Waals surface area contributed by atoms with Crippen LogP contribution in [0.3, 0.4) is 0 Å². The van der Waals surface area contributed by atoms with Gasteiger partial charge >= 0.3 is 0 Å². The van der Waals surface area contributed by atoms with Crippen LogP contribution < -0.4 is 5.32 Å². The van der Waals surface area contributed by atoms with E-state index in [0.717, 1.165) is 30.4 Å². The van der Waals surface area contributed by atoms with Crippen molar-refractivity contribution in [2.24, 2.45) is 0 Å². The molecule has 1 amide bonds. The van der Waals surface area contributed by atoms with Crippen molar-refractivity contribution in [3.63, 3.8) is 0 Å². The van der Waals surface area contributed by atoms with Crippen LogP contribution in [0.25, 0.3) is 0 Å². The van der Waals surface area contributed by atoms with E-state index in [2.05, 4.69) is 19.2 Å². The third kappa shape index (κ3) is 4.15. The highest BCUT2D eigenvalue weighted by Gasteiger charge is 2.13. The fraction of sp³-hybridized carbons (Fsp3) is 0.533. The number of aryl methyl sites for hydroxylation is 1. The molecule has 0 radical (unpaired) electrons. The molecule has 0 unspecified atom stereocenters. The zero-order valence-electron chi connectivity index (χ0n) is 11.3. The molecule has 0 aliphatic carbocycles. The van der Waals surface area contributed by atoms with Gasteiger partial charge in [-0.3, -0.25) is 4.79 Å². The Hall–Kier alpha value is -1.35. The average Bonchev–Trinajstić information content (AvgIpc) is 2.42. The van der Waals surface area contributed by atoms with Crippen LogP contribution in [0.1, 0.15) is 49.0 Å². The number of amides is 1. The predicted molar refractivity (Wildman–Crippen MR) is 73.7 cm³/mol. The maximum Gasteiger partial charge on any atom is 0.251 e. The Kier molecular flexibility index (Phi) is 6.44. The SMILES string of the molecule is CCC(CC)NC(=O)c1ccccc1CCCO. The first-order chi connectivity index (χ1) is 8.72. The van der Waals surface area contributed by atoms with Gasteiger partial charge in [0, 0.05) is 18.2 Å². The molecule has 1 aromatic rings. The van der Waals surface area contributed by atoms with Gasteiger partial charge in [-0.2, -0.15) is 0 Å². The van der Waals surface area contributed by atoms with Crippen LogP contribution in [0.2, 0.25) is 0 Å². The van der Waals surface area contributed by atoms with Gasteiger partial charge in [-0.1, -0.05) is 32.0 Å². The Balaban J connectivity index is 2.77. The second-order valence-electron chi connectivity index (χ2n) is 4.47. The van der Waals surface area contributed by atoms with Crippen molar-refractivity contribution in [2.75, 3.05) is 6.61 Å². The summed E-state index contributed by atoms with van der Waals surface area (Å²) >= 11 is 0. The number of hydrogen-bond acceptors (Lipinski definition) is 2. The summed E-state index contributed by atoms with van der Waals surface area (Å²) in [5.41, 5.74) is 1.74. The number of carbonyl (C=O) groups is 1. The topological polar surface area (TPSA) is 49.3 Å². The van der Waals surface area contributed by atoms with Crippen molar-refractivity contribution in [1.82, 2.24) is 5.32 Å². The molecule has 100 valence electrons. The van der Waals surface area contributed by atoms with Gasteiger partial charge < -0.3 is 10.4 Å². The third-order valence-electron chi connectivity index (χ3n) is 3.19. The lowest BCUT2D eigenvalue weighted by atomic mass is 10.0. The predicted octanol–water partition coefficient (Wildman–Crippen LogP) is 2.53. The Morgan fingerprint density at radius 2 is 1.94 bits per heavy atom. The molecule has 0 saturated heterocycles. The second kappa shape index (κ2) is 7.88. The molecule has 3 heteroatoms. The van der Waals surface area contributed by atoms with E-state index in [1.165, 1.54) is 0 Å². The fourth-order valence-electron chi connectivity index (χ4n) is 1.99. The molecule has 0 spiro atoms. The molecule has 1 aromatic carbocycles. The van der Waals surface area contributed by atoms with Gasteiger partial charge in [-0.15, -0.1) is 0 Å². The first-order valence-electron chi connectivity index (χ1n) is 6.72. The zero-order chi connectivity index (χ0) is 13.4. The van der Waals surface area contributed by atoms with E-state index in [1.54, 1.807) is 0 Å². The monoisotopic (exact) mass is 249 g/mol. The number of aliphatic hydroxyl groups excluding tert-OH is 1. The van der Waals surface area contributed by atoms with Crippen LogP contribution >= 0.6 is 0 Å². The summed E-state index contributed by atoms with van der Waals surface area (Å²) < 4.78 is 0. The molecular weight excluding hydrogens is 226 g/mol. The van der Waals surface area contributed by atoms with E-state index in [4.69, 9.17) is 5.11 Å². The highest BCUT2D eigenvalue weighted by Crippen LogP contribution is 2.12. The number of hydrogen-bond donors (Lipinski definition) is 2. The molecule has 0 heterocycles. The minimum atomic E-state index is -0.00256. The largest absolute Gasteiger partial charge is 0.396 e. The summed E-state index contributed by atoms with van der Waals surface area (Å²) in [7, 11) is 0. The normalized spacial score (nSPS) is 10.7. The molecule has 0 saturated carbocycles. The first kappa shape index (κ1) is 14.7. The van der Waals surface area contributed by atoms with E-state index in [1.807, 2.05) is 24.3 Å². The molecule has 18 heavy (non-hydrogen) atoms. The Morgan fingerprint density at radius 3 is 2.56 bits per heavy atom. The van der Waals surface area contributed by atoms with E-state index in [0.29, 0.717) is 6.42 Å². The fourth-order valence-corrected chi connectivity index (χ4v) is 1.99. The molecule has 0 bridgehead atoms. The van der Waals surface area contributed by atoms with Crippen molar-refractivity contribution >= 4 is 5.91 Å². The highest BCUT2D eigenvalue weighted by atomic mass is 16.2. The van der Waals surface area contributed by atoms with Crippen LogP contribution in [0.5, 0.6) is 0 Å². The van der Waals surface area contributed by atoms with E-state index in [9.17, 15) is 4.79 Å². The molecule has 1 rings (SSSR count). The lowest BCUT2D eigenvalue weighted by Crippen LogP contribution is -2.34. The zero-order valence-corrected chi connectivity index (χ0v) is 11.3. The van der Waals surface area contributed by atoms with Gasteiger partial charge in [0.15, 0.2) is 0 Å². The van der Waals surface area contributed by atoms with Crippen LogP contribution in [0, 0.1) is 0 Å². The van der Waals surface area contributed by atoms with Crippen molar-refractivity contribution < 1.29 is 9.90 Å². The maximum absolute atomic E-state index is 12.2. The van der Waals surface area contributed by atoms with E-state index in [-0.39, 0.29) is 18.6 Å². The van der Waals surface area contributed by atoms with E-state index >= 15 is 0 Å². The summed E-state index contributed by atoms with van der Waals surface area (Å²) in [5.74, 6) is -0.00256. The van der Waals surface area contributed by atoms with Crippen molar-refractivity contribution in [2.45, 2.75) is 45.6 Å². The molecule has 3 nitrogen and oxygen atoms in total. The second-order valence-corrected chi connectivity index (χ2v) is 4.47. The molecule has 0 atom stereocenters. The number of carbonyl (C=O) groups excluding carboxylic acids is 1. The standard InChI is InChI=1S/C15H23NO2/c1-3-13(4-2)16-15(18)14-10-6-5-8-12(14)9-7-11-17/h5-6,8,10,13,17H,3-4,7,9,11H2,1-2H3,(H,16,18). The first-order valence-corrected chi connectivity index (χ1v) is 6.72. The summed E-state index contributed by atoms with van der Waals surface area (Å²) in [4.78, 5) is 12.2. The van der Waals surface area contributed by atoms with Crippen molar-refractivity contribution in [3.8, 4) is 0 Å². The van der Waals surface area contributed by atoms with Crippen molar-refractivity contribution in [3.05, 3.63) is 35.4 Å². The molecule has 0 aliphatic rings. The lowest BCUT2D eigenvalue weighted by Gasteiger charge is -2.16. The van der Waals surface area contributed by atoms with Gasteiger partial charge in [-0.05, 0) is 37.3 Å². The highest BCUT2D eigenvalue weighted by molar-refractivity contribution is 5.95. The lowest BCUT2D eigenvalue weighted by molar-refractivity contribution is 0.0933. The minimum absolute atomic E-state index is 0.00256.